The number of amides is 2. The summed E-state index contributed by atoms with van der Waals surface area (Å²) in [5.74, 6) is -0.0141. The van der Waals surface area contributed by atoms with Crippen molar-refractivity contribution in [3.8, 4) is 0 Å². The molecule has 0 saturated carbocycles. The van der Waals surface area contributed by atoms with E-state index in [0.717, 1.165) is 5.69 Å². The number of pyridine rings is 1. The summed E-state index contributed by atoms with van der Waals surface area (Å²) in [5, 5.41) is 2.81. The van der Waals surface area contributed by atoms with Crippen molar-refractivity contribution in [2.75, 3.05) is 6.54 Å². The van der Waals surface area contributed by atoms with Gasteiger partial charge in [-0.15, -0.1) is 0 Å². The molecule has 0 aliphatic carbocycles. The zero-order valence-corrected chi connectivity index (χ0v) is 12.2. The van der Waals surface area contributed by atoms with Crippen LogP contribution in [0, 0.1) is 5.92 Å². The lowest BCUT2D eigenvalue weighted by atomic mass is 10.0. The Morgan fingerprint density at radius 2 is 2.05 bits per heavy atom. The zero-order valence-electron chi connectivity index (χ0n) is 12.2. The second-order valence-corrected chi connectivity index (χ2v) is 5.50. The lowest BCUT2D eigenvalue weighted by molar-refractivity contribution is -0.136. The average molecular weight is 275 g/mol. The molecule has 20 heavy (non-hydrogen) atoms. The maximum absolute atomic E-state index is 12.6. The van der Waals surface area contributed by atoms with Crippen LogP contribution < -0.4 is 5.32 Å². The summed E-state index contributed by atoms with van der Waals surface area (Å²) in [4.78, 5) is 30.4. The SMILES string of the molecule is CC(C)C1NC(=O)CCN(C(C)c2ccccn2)C1=O. The highest BCUT2D eigenvalue weighted by Crippen LogP contribution is 2.22. The van der Waals surface area contributed by atoms with E-state index in [1.54, 1.807) is 11.1 Å². The van der Waals surface area contributed by atoms with Gasteiger partial charge in [-0.2, -0.15) is 0 Å². The van der Waals surface area contributed by atoms with Gasteiger partial charge in [0.15, 0.2) is 0 Å². The summed E-state index contributed by atoms with van der Waals surface area (Å²) in [7, 11) is 0. The van der Waals surface area contributed by atoms with Crippen LogP contribution in [0.1, 0.15) is 38.9 Å². The predicted molar refractivity (Wildman–Crippen MR) is 75.8 cm³/mol. The lowest BCUT2D eigenvalue weighted by Crippen LogP contribution is -2.48. The van der Waals surface area contributed by atoms with Gasteiger partial charge in [-0.25, -0.2) is 0 Å². The van der Waals surface area contributed by atoms with Gasteiger partial charge < -0.3 is 10.2 Å². The third-order valence-corrected chi connectivity index (χ3v) is 3.70. The van der Waals surface area contributed by atoms with Gasteiger partial charge >= 0.3 is 0 Å². The first-order valence-corrected chi connectivity index (χ1v) is 7.01. The van der Waals surface area contributed by atoms with Crippen LogP contribution in [0.4, 0.5) is 0 Å². The normalized spacial score (nSPS) is 21.6. The van der Waals surface area contributed by atoms with Gasteiger partial charge in [-0.05, 0) is 25.0 Å². The van der Waals surface area contributed by atoms with Gasteiger partial charge in [-0.3, -0.25) is 14.6 Å². The molecule has 1 aliphatic heterocycles. The number of carbonyl (C=O) groups is 2. The molecule has 1 aliphatic rings. The topological polar surface area (TPSA) is 62.3 Å². The van der Waals surface area contributed by atoms with E-state index in [2.05, 4.69) is 10.3 Å². The van der Waals surface area contributed by atoms with Crippen molar-refractivity contribution < 1.29 is 9.59 Å². The van der Waals surface area contributed by atoms with Crippen LogP contribution in [0.3, 0.4) is 0 Å². The van der Waals surface area contributed by atoms with E-state index >= 15 is 0 Å². The van der Waals surface area contributed by atoms with Crippen molar-refractivity contribution >= 4 is 11.8 Å². The molecule has 108 valence electrons. The van der Waals surface area contributed by atoms with Gasteiger partial charge in [0.05, 0.1) is 11.7 Å². The average Bonchev–Trinajstić information content (AvgIpc) is 2.59. The molecule has 2 unspecified atom stereocenters. The lowest BCUT2D eigenvalue weighted by Gasteiger charge is -2.30. The van der Waals surface area contributed by atoms with E-state index in [1.165, 1.54) is 0 Å². The van der Waals surface area contributed by atoms with Crippen LogP contribution >= 0.6 is 0 Å². The Balaban J connectivity index is 2.25. The van der Waals surface area contributed by atoms with Gasteiger partial charge in [0, 0.05) is 19.2 Å². The third-order valence-electron chi connectivity index (χ3n) is 3.70. The minimum absolute atomic E-state index is 0.0241. The molecule has 0 aromatic carbocycles. The summed E-state index contributed by atoms with van der Waals surface area (Å²) in [6.45, 7) is 6.27. The summed E-state index contributed by atoms with van der Waals surface area (Å²) >= 11 is 0. The molecule has 5 nitrogen and oxygen atoms in total. The second-order valence-electron chi connectivity index (χ2n) is 5.50. The second kappa shape index (κ2) is 6.03. The molecule has 1 N–H and O–H groups in total. The number of hydrogen-bond donors (Lipinski definition) is 1. The maximum Gasteiger partial charge on any atom is 0.245 e. The first-order valence-electron chi connectivity index (χ1n) is 7.01. The Kier molecular flexibility index (Phi) is 4.37. The summed E-state index contributed by atoms with van der Waals surface area (Å²) in [6.07, 6.45) is 2.06. The quantitative estimate of drug-likeness (QED) is 0.909. The largest absolute Gasteiger partial charge is 0.344 e. The standard InChI is InChI=1S/C15H21N3O2/c1-10(2)14-15(20)18(9-7-13(19)17-14)11(3)12-6-4-5-8-16-12/h4-6,8,10-11,14H,7,9H2,1-3H3,(H,17,19). The molecule has 2 atom stereocenters. The first kappa shape index (κ1) is 14.5. The van der Waals surface area contributed by atoms with Gasteiger partial charge in [-0.1, -0.05) is 19.9 Å². The smallest absolute Gasteiger partial charge is 0.245 e. The van der Waals surface area contributed by atoms with Crippen molar-refractivity contribution in [2.45, 2.75) is 39.3 Å². The van der Waals surface area contributed by atoms with E-state index < -0.39 is 6.04 Å². The van der Waals surface area contributed by atoms with Crippen LogP contribution in [0.25, 0.3) is 0 Å². The van der Waals surface area contributed by atoms with E-state index in [0.29, 0.717) is 13.0 Å². The fraction of sp³-hybridized carbons (Fsp3) is 0.533. The fourth-order valence-electron chi connectivity index (χ4n) is 2.44. The highest BCUT2D eigenvalue weighted by atomic mass is 16.2. The van der Waals surface area contributed by atoms with Gasteiger partial charge in [0.25, 0.3) is 0 Å². The molecule has 1 aromatic rings. The molecular formula is C15H21N3O2. The molecule has 0 radical (unpaired) electrons. The van der Waals surface area contributed by atoms with Gasteiger partial charge in [0.2, 0.25) is 11.8 Å². The minimum Gasteiger partial charge on any atom is -0.344 e. The first-order chi connectivity index (χ1) is 9.50. The monoisotopic (exact) mass is 275 g/mol. The van der Waals surface area contributed by atoms with Crippen molar-refractivity contribution in [3.05, 3.63) is 30.1 Å². The van der Waals surface area contributed by atoms with Crippen molar-refractivity contribution in [1.82, 2.24) is 15.2 Å². The fourth-order valence-corrected chi connectivity index (χ4v) is 2.44. The van der Waals surface area contributed by atoms with Gasteiger partial charge in [0.1, 0.15) is 6.04 Å². The predicted octanol–water partition coefficient (Wildman–Crippen LogP) is 1.52. The number of nitrogens with zero attached hydrogens (tertiary/aromatic N) is 2. The van der Waals surface area contributed by atoms with E-state index in [-0.39, 0.29) is 23.8 Å². The van der Waals surface area contributed by atoms with Crippen LogP contribution in [0.5, 0.6) is 0 Å². The highest BCUT2D eigenvalue weighted by Gasteiger charge is 2.34. The minimum atomic E-state index is -0.448. The molecule has 2 heterocycles. The number of carbonyl (C=O) groups excluding carboxylic acids is 2. The van der Waals surface area contributed by atoms with E-state index in [9.17, 15) is 9.59 Å². The molecule has 1 saturated heterocycles. The summed E-state index contributed by atoms with van der Waals surface area (Å²) < 4.78 is 0. The molecule has 2 rings (SSSR count). The Labute approximate surface area is 119 Å². The Bertz CT molecular complexity index is 487. The van der Waals surface area contributed by atoms with E-state index in [4.69, 9.17) is 0 Å². The molecule has 1 fully saturated rings. The number of aromatic nitrogens is 1. The number of nitrogens with one attached hydrogen (secondary N) is 1. The Morgan fingerprint density at radius 1 is 1.30 bits per heavy atom. The third kappa shape index (κ3) is 2.98. The van der Waals surface area contributed by atoms with Crippen molar-refractivity contribution in [1.29, 1.82) is 0 Å². The summed E-state index contributed by atoms with van der Waals surface area (Å²) in [5.41, 5.74) is 0.845. The van der Waals surface area contributed by atoms with E-state index in [1.807, 2.05) is 39.0 Å². The highest BCUT2D eigenvalue weighted by molar-refractivity contribution is 5.90. The van der Waals surface area contributed by atoms with Crippen LogP contribution in [0.15, 0.2) is 24.4 Å². The molecule has 2 amide bonds. The molecule has 0 bridgehead atoms. The Hall–Kier alpha value is -1.91. The zero-order chi connectivity index (χ0) is 14.7. The van der Waals surface area contributed by atoms with Crippen molar-refractivity contribution in [2.24, 2.45) is 5.92 Å². The van der Waals surface area contributed by atoms with Crippen LogP contribution in [-0.2, 0) is 9.59 Å². The molecular weight excluding hydrogens is 254 g/mol. The molecule has 5 heteroatoms. The van der Waals surface area contributed by atoms with Crippen LogP contribution in [-0.4, -0.2) is 34.3 Å². The number of rotatable bonds is 3. The molecule has 1 aromatic heterocycles. The molecule has 0 spiro atoms. The number of hydrogen-bond acceptors (Lipinski definition) is 3. The summed E-state index contributed by atoms with van der Waals surface area (Å²) in [6, 6.07) is 5.09. The Morgan fingerprint density at radius 3 is 2.65 bits per heavy atom. The van der Waals surface area contributed by atoms with Crippen molar-refractivity contribution in [3.63, 3.8) is 0 Å². The maximum atomic E-state index is 12.6. The van der Waals surface area contributed by atoms with Crippen LogP contribution in [0.2, 0.25) is 0 Å².